The van der Waals surface area contributed by atoms with E-state index in [9.17, 15) is 13.2 Å². The lowest BCUT2D eigenvalue weighted by Gasteiger charge is -2.13. The number of rotatable bonds is 7. The summed E-state index contributed by atoms with van der Waals surface area (Å²) in [6.07, 6.45) is -0.161. The van der Waals surface area contributed by atoms with Crippen molar-refractivity contribution in [3.05, 3.63) is 66.2 Å². The van der Waals surface area contributed by atoms with Gasteiger partial charge < -0.3 is 0 Å². The van der Waals surface area contributed by atoms with Crippen LogP contribution < -0.4 is 5.48 Å². The molecule has 0 aromatic heterocycles. The largest absolute Gasteiger partial charge is 0.273 e. The lowest BCUT2D eigenvalue weighted by atomic mass is 10.2. The Morgan fingerprint density at radius 3 is 2.22 bits per heavy atom. The third kappa shape index (κ3) is 4.91. The first kappa shape index (κ1) is 17.2. The van der Waals surface area contributed by atoms with Gasteiger partial charge in [-0.15, -0.1) is 0 Å². The van der Waals surface area contributed by atoms with Crippen molar-refractivity contribution in [3.63, 3.8) is 0 Å². The van der Waals surface area contributed by atoms with E-state index in [4.69, 9.17) is 4.84 Å². The van der Waals surface area contributed by atoms with E-state index >= 15 is 0 Å². The van der Waals surface area contributed by atoms with Gasteiger partial charge in [-0.3, -0.25) is 9.63 Å². The average molecular weight is 333 g/mol. The summed E-state index contributed by atoms with van der Waals surface area (Å²) in [6, 6.07) is 17.5. The zero-order valence-electron chi connectivity index (χ0n) is 12.8. The maximum absolute atomic E-state index is 12.3. The zero-order chi connectivity index (χ0) is 16.7. The molecule has 1 atom stereocenters. The summed E-state index contributed by atoms with van der Waals surface area (Å²) in [4.78, 5) is 17.1. The molecule has 0 radical (unpaired) electrons. The van der Waals surface area contributed by atoms with Crippen LogP contribution in [-0.2, 0) is 26.1 Å². The van der Waals surface area contributed by atoms with Gasteiger partial charge >= 0.3 is 0 Å². The van der Waals surface area contributed by atoms with Crippen LogP contribution in [0.5, 0.6) is 0 Å². The van der Waals surface area contributed by atoms with Crippen LogP contribution in [-0.4, -0.2) is 19.6 Å². The van der Waals surface area contributed by atoms with Crippen molar-refractivity contribution in [3.8, 4) is 0 Å². The highest BCUT2D eigenvalue weighted by Gasteiger charge is 2.25. The van der Waals surface area contributed by atoms with Gasteiger partial charge in [0.2, 0.25) is 5.91 Å². The van der Waals surface area contributed by atoms with Crippen molar-refractivity contribution in [2.45, 2.75) is 30.1 Å². The molecular weight excluding hydrogens is 314 g/mol. The van der Waals surface area contributed by atoms with Crippen LogP contribution in [0.25, 0.3) is 0 Å². The van der Waals surface area contributed by atoms with Crippen LogP contribution >= 0.6 is 0 Å². The average Bonchev–Trinajstić information content (AvgIpc) is 2.56. The first-order chi connectivity index (χ1) is 11.0. The van der Waals surface area contributed by atoms with Crippen LogP contribution in [0.1, 0.15) is 18.9 Å². The number of sulfone groups is 1. The number of carbonyl (C=O) groups is 1. The Hall–Kier alpha value is -2.18. The van der Waals surface area contributed by atoms with Gasteiger partial charge in [0.1, 0.15) is 0 Å². The van der Waals surface area contributed by atoms with Crippen molar-refractivity contribution in [1.82, 2.24) is 5.48 Å². The molecule has 0 aliphatic heterocycles. The van der Waals surface area contributed by atoms with Crippen LogP contribution in [0, 0.1) is 0 Å². The van der Waals surface area contributed by atoms with E-state index in [-0.39, 0.29) is 17.9 Å². The van der Waals surface area contributed by atoms with Gasteiger partial charge in [-0.1, -0.05) is 48.5 Å². The van der Waals surface area contributed by atoms with Crippen LogP contribution in [0.15, 0.2) is 65.6 Å². The predicted molar refractivity (Wildman–Crippen MR) is 87.1 cm³/mol. The summed E-state index contributed by atoms with van der Waals surface area (Å²) < 4.78 is 24.7. The van der Waals surface area contributed by atoms with Crippen molar-refractivity contribution < 1.29 is 18.0 Å². The Bertz CT molecular complexity index is 730. The maximum atomic E-state index is 12.3. The van der Waals surface area contributed by atoms with E-state index in [0.717, 1.165) is 5.56 Å². The van der Waals surface area contributed by atoms with Crippen molar-refractivity contribution >= 4 is 15.7 Å². The van der Waals surface area contributed by atoms with Crippen molar-refractivity contribution in [1.29, 1.82) is 0 Å². The van der Waals surface area contributed by atoms with Gasteiger partial charge in [0.05, 0.1) is 16.8 Å². The van der Waals surface area contributed by atoms with Gasteiger partial charge in [-0.2, -0.15) is 0 Å². The predicted octanol–water partition coefficient (Wildman–Crippen LogP) is 2.49. The lowest BCUT2D eigenvalue weighted by molar-refractivity contribution is -0.134. The second-order valence-corrected chi connectivity index (χ2v) is 7.54. The van der Waals surface area contributed by atoms with Crippen molar-refractivity contribution in [2.24, 2.45) is 0 Å². The molecule has 1 unspecified atom stereocenters. The monoisotopic (exact) mass is 333 g/mol. The fraction of sp³-hybridized carbons (Fsp3) is 0.235. The van der Waals surface area contributed by atoms with Crippen LogP contribution in [0.3, 0.4) is 0 Å². The third-order valence-corrected chi connectivity index (χ3v) is 5.50. The van der Waals surface area contributed by atoms with Gasteiger partial charge in [0.15, 0.2) is 9.84 Å². The highest BCUT2D eigenvalue weighted by molar-refractivity contribution is 7.92. The molecule has 2 aromatic rings. The first-order valence-corrected chi connectivity index (χ1v) is 8.78. The minimum absolute atomic E-state index is 0.161. The Morgan fingerprint density at radius 1 is 1.04 bits per heavy atom. The molecule has 1 amide bonds. The molecule has 0 saturated carbocycles. The Morgan fingerprint density at radius 2 is 1.61 bits per heavy atom. The molecule has 0 aliphatic rings. The molecule has 5 nitrogen and oxygen atoms in total. The number of hydrogen-bond acceptors (Lipinski definition) is 4. The third-order valence-electron chi connectivity index (χ3n) is 3.34. The van der Waals surface area contributed by atoms with Gasteiger partial charge in [-0.05, 0) is 24.6 Å². The van der Waals surface area contributed by atoms with Crippen LogP contribution in [0.2, 0.25) is 0 Å². The van der Waals surface area contributed by atoms with E-state index < -0.39 is 21.0 Å². The topological polar surface area (TPSA) is 72.5 Å². The number of amides is 1. The standard InChI is InChI=1S/C17H19NO4S/c1-14(23(20,21)16-10-6-3-7-11-16)12-17(19)18-22-13-15-8-4-2-5-9-15/h2-11,14H,12-13H2,1H3,(H,18,19). The molecule has 122 valence electrons. The van der Waals surface area contributed by atoms with E-state index in [2.05, 4.69) is 5.48 Å². The number of benzene rings is 2. The molecule has 0 heterocycles. The fourth-order valence-corrected chi connectivity index (χ4v) is 3.40. The van der Waals surface area contributed by atoms with Crippen LogP contribution in [0.4, 0.5) is 0 Å². The quantitative estimate of drug-likeness (QED) is 0.790. The van der Waals surface area contributed by atoms with E-state index in [1.807, 2.05) is 30.3 Å². The molecule has 0 bridgehead atoms. The Kier molecular flexibility index (Phi) is 5.90. The minimum atomic E-state index is -3.53. The summed E-state index contributed by atoms with van der Waals surface area (Å²) in [5.41, 5.74) is 3.20. The molecule has 0 spiro atoms. The molecule has 2 rings (SSSR count). The highest BCUT2D eigenvalue weighted by Crippen LogP contribution is 2.17. The van der Waals surface area contributed by atoms with E-state index in [1.165, 1.54) is 19.1 Å². The van der Waals surface area contributed by atoms with E-state index in [1.54, 1.807) is 18.2 Å². The number of hydroxylamine groups is 1. The lowest BCUT2D eigenvalue weighted by Crippen LogP contribution is -2.30. The van der Waals surface area contributed by atoms with Gasteiger partial charge in [-0.25, -0.2) is 13.9 Å². The molecule has 0 fully saturated rings. The maximum Gasteiger partial charge on any atom is 0.244 e. The number of nitrogens with one attached hydrogen (secondary N) is 1. The summed E-state index contributed by atoms with van der Waals surface area (Å²) in [5.74, 6) is -0.465. The molecule has 0 saturated heterocycles. The van der Waals surface area contributed by atoms with Gasteiger partial charge in [0, 0.05) is 6.42 Å². The van der Waals surface area contributed by atoms with Gasteiger partial charge in [0.25, 0.3) is 0 Å². The summed E-state index contributed by atoms with van der Waals surface area (Å²) in [5, 5.41) is -0.828. The number of carbonyl (C=O) groups excluding carboxylic acids is 1. The second-order valence-electron chi connectivity index (χ2n) is 5.17. The summed E-state index contributed by atoms with van der Waals surface area (Å²) in [6.45, 7) is 1.74. The molecular formula is C17H19NO4S. The fourth-order valence-electron chi connectivity index (χ4n) is 2.03. The Balaban J connectivity index is 1.85. The SMILES string of the molecule is CC(CC(=O)NOCc1ccccc1)S(=O)(=O)c1ccccc1. The van der Waals surface area contributed by atoms with E-state index in [0.29, 0.717) is 0 Å². The molecule has 2 aromatic carbocycles. The molecule has 23 heavy (non-hydrogen) atoms. The molecule has 0 aliphatic carbocycles. The second kappa shape index (κ2) is 7.89. The minimum Gasteiger partial charge on any atom is -0.273 e. The molecule has 6 heteroatoms. The Labute approximate surface area is 136 Å². The summed E-state index contributed by atoms with van der Waals surface area (Å²) in [7, 11) is -3.53. The molecule has 1 N–H and O–H groups in total. The normalized spacial score (nSPS) is 12.6. The zero-order valence-corrected chi connectivity index (χ0v) is 13.6. The smallest absolute Gasteiger partial charge is 0.244 e. The van der Waals surface area contributed by atoms with Crippen molar-refractivity contribution in [2.75, 3.05) is 0 Å². The highest BCUT2D eigenvalue weighted by atomic mass is 32.2. The number of hydrogen-bond donors (Lipinski definition) is 1. The summed E-state index contributed by atoms with van der Waals surface area (Å²) >= 11 is 0. The first-order valence-electron chi connectivity index (χ1n) is 7.23.